The van der Waals surface area contributed by atoms with Gasteiger partial charge in [0.25, 0.3) is 5.91 Å². The smallest absolute Gasteiger partial charge is 0.353 e. The van der Waals surface area contributed by atoms with E-state index in [0.29, 0.717) is 26.5 Å². The molecule has 2 aliphatic rings. The topological polar surface area (TPSA) is 101 Å². The van der Waals surface area contributed by atoms with E-state index < -0.39 is 56.2 Å². The molecule has 11 nitrogen and oxygen atoms in total. The van der Waals surface area contributed by atoms with Crippen molar-refractivity contribution in [3.8, 4) is 0 Å². The molecule has 0 N–H and O–H groups in total. The van der Waals surface area contributed by atoms with Crippen molar-refractivity contribution in [1.29, 1.82) is 0 Å². The van der Waals surface area contributed by atoms with E-state index in [0.717, 1.165) is 4.31 Å². The van der Waals surface area contributed by atoms with Gasteiger partial charge in [0.15, 0.2) is 0 Å². The molecule has 0 aromatic rings. The largest absolute Gasteiger partial charge is 0.502 e. The molecule has 0 aliphatic carbocycles. The number of allylic oxidation sites excluding steroid dienone is 8. The number of methoxy groups -OCH3 is 2. The van der Waals surface area contributed by atoms with Crippen LogP contribution in [0.25, 0.3) is 0 Å². The van der Waals surface area contributed by atoms with Crippen LogP contribution in [0.1, 0.15) is 68.2 Å². The number of likely N-dealkylation sites (tertiary alicyclic amines) is 1. The third kappa shape index (κ3) is 13.0. The molecule has 2 aliphatic heterocycles. The van der Waals surface area contributed by atoms with E-state index in [1.807, 2.05) is 51.9 Å². The van der Waals surface area contributed by atoms with Gasteiger partial charge < -0.3 is 28.7 Å². The molecule has 0 aromatic heterocycles. The molecule has 6 unspecified atom stereocenters. The number of hydrogen-bond donors (Lipinski definition) is 0. The molecule has 2 saturated heterocycles. The highest BCUT2D eigenvalue weighted by molar-refractivity contribution is 7.99. The number of rotatable bonds is 20. The highest BCUT2D eigenvalue weighted by atomic mass is 35.5. The average molecular weight is 886 g/mol. The van der Waals surface area contributed by atoms with Crippen molar-refractivity contribution in [2.24, 2.45) is 5.92 Å². The van der Waals surface area contributed by atoms with Gasteiger partial charge in [0.1, 0.15) is 11.1 Å². The van der Waals surface area contributed by atoms with Gasteiger partial charge in [-0.15, -0.1) is 0 Å². The van der Waals surface area contributed by atoms with Crippen LogP contribution in [0.3, 0.4) is 0 Å². The Hall–Kier alpha value is -3.53. The van der Waals surface area contributed by atoms with Crippen LogP contribution in [0.4, 0.5) is 8.78 Å². The molecule has 0 radical (unpaired) electrons. The second kappa shape index (κ2) is 23.1. The van der Waals surface area contributed by atoms with Crippen LogP contribution in [0, 0.1) is 5.92 Å². The fourth-order valence-electron chi connectivity index (χ4n) is 7.33. The van der Waals surface area contributed by atoms with E-state index in [4.69, 9.17) is 30.5 Å². The molecule has 7 atom stereocenters. The molecule has 0 spiro atoms. The first kappa shape index (κ1) is 54.5. The Morgan fingerprint density at radius 2 is 1.75 bits per heavy atom. The summed E-state index contributed by atoms with van der Waals surface area (Å²) in [4.78, 5) is 35.1. The molecule has 2 fully saturated rings. The number of carbonyl (C=O) groups is 2. The summed E-state index contributed by atoms with van der Waals surface area (Å²) in [6.07, 6.45) is 7.91. The van der Waals surface area contributed by atoms with Crippen LogP contribution in [0.2, 0.25) is 0 Å². The fraction of sp³-hybridized carbons (Fsp3) is 0.578. The zero-order chi connectivity index (χ0) is 46.6. The maximum Gasteiger partial charge on any atom is 0.353 e. The molecule has 15 heteroatoms. The van der Waals surface area contributed by atoms with E-state index in [9.17, 15) is 13.6 Å². The minimum absolute atomic E-state index is 0.0565. The second-order valence-electron chi connectivity index (χ2n) is 15.6. The van der Waals surface area contributed by atoms with E-state index in [2.05, 4.69) is 25.6 Å². The van der Waals surface area contributed by atoms with Gasteiger partial charge in [0.2, 0.25) is 5.91 Å². The van der Waals surface area contributed by atoms with Gasteiger partial charge in [-0.05, 0) is 79.6 Å². The molecule has 2 amide bonds. The van der Waals surface area contributed by atoms with Crippen molar-refractivity contribution in [2.45, 2.75) is 103 Å². The van der Waals surface area contributed by atoms with Crippen LogP contribution >= 0.6 is 11.6 Å². The molecule has 340 valence electrons. The quantitative estimate of drug-likeness (QED) is 0.0520. The van der Waals surface area contributed by atoms with E-state index in [1.165, 1.54) is 56.8 Å². The third-order valence-electron chi connectivity index (χ3n) is 10.5. The summed E-state index contributed by atoms with van der Waals surface area (Å²) in [5.74, 6) is 2.44. The SMILES string of the molecule is C=C(OC)C(C)C1(N2C[C@H](OCCN(C)C)CC2C(=O)N(C)C)C(=O)N(S(=C)(=O)C(/C=C\C)C(C)(/C=C(\C)OC)OC(C)(F)F)C(=C)/C1=C\C(Cl)=C/CC.C=C/C(C)=C\C. The maximum atomic E-state index is 15.8. The summed E-state index contributed by atoms with van der Waals surface area (Å²) < 4.78 is 69.0. The van der Waals surface area contributed by atoms with Crippen molar-refractivity contribution in [3.05, 3.63) is 95.7 Å². The average Bonchev–Trinajstić information content (AvgIpc) is 3.67. The number of nitrogens with zero attached hydrogens (tertiary/aromatic N) is 4. The van der Waals surface area contributed by atoms with Crippen LogP contribution in [0.15, 0.2) is 95.7 Å². The predicted octanol–water partition coefficient (Wildman–Crippen LogP) is 8.10. The van der Waals surface area contributed by atoms with Gasteiger partial charge in [-0.3, -0.25) is 14.5 Å². The van der Waals surface area contributed by atoms with Crippen molar-refractivity contribution in [3.63, 3.8) is 0 Å². The Labute approximate surface area is 364 Å². The molecule has 0 bridgehead atoms. The van der Waals surface area contributed by atoms with Crippen molar-refractivity contribution in [1.82, 2.24) is 19.0 Å². The minimum atomic E-state index is -4.08. The highest BCUT2D eigenvalue weighted by Crippen LogP contribution is 2.53. The monoisotopic (exact) mass is 884 g/mol. The highest BCUT2D eigenvalue weighted by Gasteiger charge is 2.66. The molecular weight excluding hydrogens is 814 g/mol. The van der Waals surface area contributed by atoms with Gasteiger partial charge in [0.05, 0.1) is 65.1 Å². The summed E-state index contributed by atoms with van der Waals surface area (Å²) in [5.41, 5.74) is -2.55. The molecule has 2 rings (SSSR count). The lowest BCUT2D eigenvalue weighted by Crippen LogP contribution is -2.64. The number of carbonyl (C=O) groups excluding carboxylic acids is 2. The first-order chi connectivity index (χ1) is 27.7. The lowest BCUT2D eigenvalue weighted by molar-refractivity contribution is -0.266. The van der Waals surface area contributed by atoms with Crippen molar-refractivity contribution >= 4 is 39.0 Å². The van der Waals surface area contributed by atoms with Crippen LogP contribution in [-0.2, 0) is 38.2 Å². The van der Waals surface area contributed by atoms with Gasteiger partial charge in [0, 0.05) is 50.6 Å². The number of likely N-dealkylation sites (N-methyl/N-ethyl adjacent to an activating group) is 2. The molecule has 0 saturated carbocycles. The van der Waals surface area contributed by atoms with Gasteiger partial charge in [-0.1, -0.05) is 81.1 Å². The Bertz CT molecular complexity index is 1820. The van der Waals surface area contributed by atoms with Crippen molar-refractivity contribution in [2.75, 3.05) is 62.1 Å². The zero-order valence-electron chi connectivity index (χ0n) is 38.4. The summed E-state index contributed by atoms with van der Waals surface area (Å²) in [7, 11) is 5.76. The first-order valence-corrected chi connectivity index (χ1v) is 22.0. The lowest BCUT2D eigenvalue weighted by atomic mass is 9.76. The maximum absolute atomic E-state index is 15.8. The standard InChI is InChI=1S/C39H61ClF2N4O7S.C6H10/c1-16-18-30(40)22-32-28(5)46(54(15,49)34(19-17-2)37(7,24-26(3)50-13)53-38(8,41)42)36(48)39(32,27(4)29(6)51-14)45-25-31(52-21-20-43(9)10)23-33(45)35(47)44(11)12;1-4-6(3)5-2/h17-19,22,24,27,31,33-34H,5-6,15-16,20-21,23,25H2,1-4,7-14H3;4-5H,1H2,2-3H3/b19-17-,26-24+,30-18+,32-22+;6-5-/t27?,31-,33?,34?,37?,39?,54?;/m1./s1. The molecule has 2 heterocycles. The summed E-state index contributed by atoms with van der Waals surface area (Å²) >= 11 is 6.81. The van der Waals surface area contributed by atoms with Crippen LogP contribution in [-0.4, -0.2) is 138 Å². The number of ether oxygens (including phenoxy) is 4. The second-order valence-corrected chi connectivity index (χ2v) is 18.3. The molecule has 0 aromatic carbocycles. The van der Waals surface area contributed by atoms with Gasteiger partial charge in [-0.25, -0.2) is 8.51 Å². The summed E-state index contributed by atoms with van der Waals surface area (Å²) in [6.45, 7) is 25.7. The number of halogens is 3. The Morgan fingerprint density at radius 3 is 2.18 bits per heavy atom. The number of alkyl halides is 2. The lowest BCUT2D eigenvalue weighted by Gasteiger charge is -2.45. The molecule has 60 heavy (non-hydrogen) atoms. The van der Waals surface area contributed by atoms with Gasteiger partial charge >= 0.3 is 6.11 Å². The van der Waals surface area contributed by atoms with E-state index in [1.54, 1.807) is 45.0 Å². The predicted molar refractivity (Wildman–Crippen MR) is 243 cm³/mol. The van der Waals surface area contributed by atoms with Crippen LogP contribution < -0.4 is 0 Å². The third-order valence-corrected chi connectivity index (χ3v) is 13.2. The Balaban J connectivity index is 0.00000278. The van der Waals surface area contributed by atoms with Crippen LogP contribution in [0.5, 0.6) is 0 Å². The van der Waals surface area contributed by atoms with E-state index >= 15 is 9.00 Å². The van der Waals surface area contributed by atoms with Crippen molar-refractivity contribution < 1.29 is 41.5 Å². The zero-order valence-corrected chi connectivity index (χ0v) is 40.0. The normalized spacial score (nSPS) is 24.5. The van der Waals surface area contributed by atoms with Gasteiger partial charge in [-0.2, -0.15) is 8.78 Å². The minimum Gasteiger partial charge on any atom is -0.502 e. The summed E-state index contributed by atoms with van der Waals surface area (Å²) in [6, 6.07) is -0.919. The summed E-state index contributed by atoms with van der Waals surface area (Å²) in [5, 5.41) is -1.25. The molecular formula is C45H71ClF2N4O7S. The number of hydrogen-bond acceptors (Lipinski definition) is 9. The Kier molecular flexibility index (Phi) is 20.9. The number of amides is 2. The Morgan fingerprint density at radius 1 is 1.15 bits per heavy atom. The first-order valence-electron chi connectivity index (χ1n) is 19.9. The van der Waals surface area contributed by atoms with E-state index in [-0.39, 0.29) is 46.7 Å². The fourth-order valence-corrected chi connectivity index (χ4v) is 9.97.